The molecule has 118 valence electrons. The van der Waals surface area contributed by atoms with Crippen LogP contribution in [0.4, 0.5) is 4.39 Å². The third kappa shape index (κ3) is 3.41. The Morgan fingerprint density at radius 1 is 1.48 bits per heavy atom. The van der Waals surface area contributed by atoms with Crippen LogP contribution >= 0.6 is 0 Å². The molecule has 2 atom stereocenters. The van der Waals surface area contributed by atoms with E-state index in [1.807, 2.05) is 13.8 Å². The van der Waals surface area contributed by atoms with Gasteiger partial charge in [-0.3, -0.25) is 0 Å². The molecule has 1 aromatic heterocycles. The molecular weight excluding hydrogens is 293 g/mol. The Hall–Kier alpha value is -1.05. The molecule has 2 rings (SSSR count). The first kappa shape index (κ1) is 16.3. The Bertz CT molecular complexity index is 579. The van der Waals surface area contributed by atoms with Gasteiger partial charge in [0.25, 0.3) is 10.0 Å². The second-order valence-electron chi connectivity index (χ2n) is 5.27. The summed E-state index contributed by atoms with van der Waals surface area (Å²) in [5.41, 5.74) is 0. The lowest BCUT2D eigenvalue weighted by Crippen LogP contribution is -2.51. The third-order valence-corrected chi connectivity index (χ3v) is 5.80. The van der Waals surface area contributed by atoms with Gasteiger partial charge in [0.1, 0.15) is 0 Å². The van der Waals surface area contributed by atoms with E-state index in [-0.39, 0.29) is 5.92 Å². The Kier molecular flexibility index (Phi) is 5.29. The topological polar surface area (TPSA) is 62.3 Å². The number of pyridine rings is 1. The number of halogens is 1. The first-order valence-corrected chi connectivity index (χ1v) is 8.78. The van der Waals surface area contributed by atoms with Gasteiger partial charge in [0, 0.05) is 25.3 Å². The van der Waals surface area contributed by atoms with Gasteiger partial charge in [-0.05, 0) is 31.0 Å². The zero-order valence-electron chi connectivity index (χ0n) is 12.4. The van der Waals surface area contributed by atoms with Crippen LogP contribution in [0, 0.1) is 11.7 Å². The van der Waals surface area contributed by atoms with E-state index < -0.39 is 20.9 Å². The third-order valence-electron chi connectivity index (χ3n) is 4.00. The fraction of sp³-hybridized carbons (Fsp3) is 0.643. The van der Waals surface area contributed by atoms with Crippen molar-refractivity contribution >= 4 is 10.0 Å². The predicted octanol–water partition coefficient (Wildman–Crippen LogP) is 1.62. The highest BCUT2D eigenvalue weighted by Crippen LogP contribution is 2.26. The van der Waals surface area contributed by atoms with E-state index in [4.69, 9.17) is 0 Å². The quantitative estimate of drug-likeness (QED) is 0.897. The van der Waals surface area contributed by atoms with Crippen molar-refractivity contribution in [2.45, 2.75) is 37.8 Å². The zero-order chi connectivity index (χ0) is 15.5. The van der Waals surface area contributed by atoms with Crippen LogP contribution in [0.3, 0.4) is 0 Å². The predicted molar refractivity (Wildman–Crippen MR) is 78.8 cm³/mol. The molecular formula is C14H22FN3O2S. The number of nitrogens with zero attached hydrogens (tertiary/aromatic N) is 2. The summed E-state index contributed by atoms with van der Waals surface area (Å²) >= 11 is 0. The minimum atomic E-state index is -3.85. The van der Waals surface area contributed by atoms with E-state index >= 15 is 0 Å². The second kappa shape index (κ2) is 6.81. The molecule has 7 heteroatoms. The highest BCUT2D eigenvalue weighted by atomic mass is 32.2. The highest BCUT2D eigenvalue weighted by molar-refractivity contribution is 7.89. The van der Waals surface area contributed by atoms with Gasteiger partial charge in [0.05, 0.1) is 0 Å². The maximum absolute atomic E-state index is 13.7. The van der Waals surface area contributed by atoms with Crippen molar-refractivity contribution in [3.63, 3.8) is 0 Å². The van der Waals surface area contributed by atoms with Gasteiger partial charge < -0.3 is 5.32 Å². The molecule has 21 heavy (non-hydrogen) atoms. The van der Waals surface area contributed by atoms with Crippen molar-refractivity contribution in [1.29, 1.82) is 0 Å². The maximum Gasteiger partial charge on any atom is 0.263 e. The fourth-order valence-corrected chi connectivity index (χ4v) is 4.33. The van der Waals surface area contributed by atoms with Gasteiger partial charge in [0.15, 0.2) is 5.82 Å². The molecule has 1 aliphatic rings. The minimum Gasteiger partial charge on any atom is -0.314 e. The van der Waals surface area contributed by atoms with Crippen molar-refractivity contribution in [2.75, 3.05) is 19.6 Å². The summed E-state index contributed by atoms with van der Waals surface area (Å²) < 4.78 is 40.2. The molecule has 0 aromatic carbocycles. The summed E-state index contributed by atoms with van der Waals surface area (Å²) in [5, 5.41) is 2.93. The number of aromatic nitrogens is 1. The van der Waals surface area contributed by atoms with Crippen LogP contribution in [-0.2, 0) is 10.0 Å². The molecule has 5 nitrogen and oxygen atoms in total. The Balaban J connectivity index is 2.21. The van der Waals surface area contributed by atoms with Crippen molar-refractivity contribution in [3.05, 3.63) is 24.1 Å². The fourth-order valence-electron chi connectivity index (χ4n) is 2.85. The molecule has 0 amide bonds. The maximum atomic E-state index is 13.7. The highest BCUT2D eigenvalue weighted by Gasteiger charge is 2.36. The lowest BCUT2D eigenvalue weighted by Gasteiger charge is -2.37. The summed E-state index contributed by atoms with van der Waals surface area (Å²) in [4.78, 5) is 3.71. The van der Waals surface area contributed by atoms with Crippen LogP contribution in [0.2, 0.25) is 0 Å². The molecule has 1 aromatic rings. The Labute approximate surface area is 125 Å². The summed E-state index contributed by atoms with van der Waals surface area (Å²) in [5.74, 6) is -0.556. The summed E-state index contributed by atoms with van der Waals surface area (Å²) in [6, 6.07) is 2.84. The molecule has 2 heterocycles. The van der Waals surface area contributed by atoms with Crippen LogP contribution < -0.4 is 5.32 Å². The number of rotatable bonds is 5. The van der Waals surface area contributed by atoms with E-state index in [9.17, 15) is 12.8 Å². The Morgan fingerprint density at radius 3 is 2.86 bits per heavy atom. The van der Waals surface area contributed by atoms with Crippen LogP contribution in [0.5, 0.6) is 0 Å². The molecule has 0 spiro atoms. The van der Waals surface area contributed by atoms with E-state index in [1.54, 1.807) is 0 Å². The molecule has 0 bridgehead atoms. The van der Waals surface area contributed by atoms with Gasteiger partial charge >= 0.3 is 0 Å². The second-order valence-corrected chi connectivity index (χ2v) is 7.13. The van der Waals surface area contributed by atoms with Crippen LogP contribution in [0.15, 0.2) is 23.4 Å². The van der Waals surface area contributed by atoms with Crippen LogP contribution in [-0.4, -0.2) is 43.4 Å². The van der Waals surface area contributed by atoms with E-state index in [0.29, 0.717) is 19.1 Å². The summed E-state index contributed by atoms with van der Waals surface area (Å²) in [6.07, 6.45) is 2.92. The average Bonchev–Trinajstić information content (AvgIpc) is 2.48. The molecule has 1 saturated heterocycles. The first-order chi connectivity index (χ1) is 10.0. The molecule has 1 fully saturated rings. The molecule has 0 saturated carbocycles. The van der Waals surface area contributed by atoms with Crippen molar-refractivity contribution in [3.8, 4) is 0 Å². The standard InChI is InChI=1S/C14H22FN3O2S/c1-3-11-10-18(9-7-13(11)16-4-2)21(19,20)14-12(15)6-5-8-17-14/h5-6,8,11,13,16H,3-4,7,9-10H2,1-2H3. The molecule has 0 radical (unpaired) electrons. The first-order valence-electron chi connectivity index (χ1n) is 7.34. The Morgan fingerprint density at radius 2 is 2.24 bits per heavy atom. The van der Waals surface area contributed by atoms with E-state index in [1.165, 1.54) is 16.6 Å². The summed E-state index contributed by atoms with van der Waals surface area (Å²) in [6.45, 7) is 5.76. The van der Waals surface area contributed by atoms with Crippen molar-refractivity contribution < 1.29 is 12.8 Å². The van der Waals surface area contributed by atoms with Gasteiger partial charge in [-0.15, -0.1) is 0 Å². The SMILES string of the molecule is CCNC1CCN(S(=O)(=O)c2ncccc2F)CC1CC. The van der Waals surface area contributed by atoms with Crippen LogP contribution in [0.1, 0.15) is 26.7 Å². The average molecular weight is 315 g/mol. The van der Waals surface area contributed by atoms with E-state index in [0.717, 1.165) is 25.5 Å². The zero-order valence-corrected chi connectivity index (χ0v) is 13.2. The summed E-state index contributed by atoms with van der Waals surface area (Å²) in [7, 11) is -3.85. The van der Waals surface area contributed by atoms with Gasteiger partial charge in [0.2, 0.25) is 5.03 Å². The largest absolute Gasteiger partial charge is 0.314 e. The number of nitrogens with one attached hydrogen (secondary N) is 1. The van der Waals surface area contributed by atoms with E-state index in [2.05, 4.69) is 10.3 Å². The molecule has 1 N–H and O–H groups in total. The molecule has 1 aliphatic heterocycles. The van der Waals surface area contributed by atoms with Gasteiger partial charge in [-0.2, -0.15) is 4.31 Å². The number of hydrogen-bond acceptors (Lipinski definition) is 4. The number of piperidine rings is 1. The molecule has 0 aliphatic carbocycles. The number of hydrogen-bond donors (Lipinski definition) is 1. The van der Waals surface area contributed by atoms with Crippen LogP contribution in [0.25, 0.3) is 0 Å². The van der Waals surface area contributed by atoms with Crippen molar-refractivity contribution in [1.82, 2.24) is 14.6 Å². The van der Waals surface area contributed by atoms with Gasteiger partial charge in [-0.25, -0.2) is 17.8 Å². The lowest BCUT2D eigenvalue weighted by atomic mass is 9.91. The van der Waals surface area contributed by atoms with Crippen molar-refractivity contribution in [2.24, 2.45) is 5.92 Å². The lowest BCUT2D eigenvalue weighted by molar-refractivity contribution is 0.203. The minimum absolute atomic E-state index is 0.236. The van der Waals surface area contributed by atoms with Gasteiger partial charge in [-0.1, -0.05) is 20.3 Å². The normalized spacial score (nSPS) is 24.1. The number of sulfonamides is 1. The smallest absolute Gasteiger partial charge is 0.263 e. The molecule has 2 unspecified atom stereocenters. The monoisotopic (exact) mass is 315 g/mol.